The number of carbonyl (C=O) groups excluding carboxylic acids is 2. The minimum absolute atomic E-state index is 0.0914. The van der Waals surface area contributed by atoms with Crippen LogP contribution in [0.4, 0.5) is 5.69 Å². The van der Waals surface area contributed by atoms with E-state index in [1.54, 1.807) is 0 Å². The van der Waals surface area contributed by atoms with Gasteiger partial charge in [-0.15, -0.1) is 0 Å². The van der Waals surface area contributed by atoms with Crippen molar-refractivity contribution in [3.63, 3.8) is 0 Å². The molecule has 1 aromatic heterocycles. The molecule has 0 aliphatic carbocycles. The van der Waals surface area contributed by atoms with Gasteiger partial charge in [0.2, 0.25) is 0 Å². The molecule has 7 heteroatoms. The van der Waals surface area contributed by atoms with Crippen molar-refractivity contribution in [2.24, 2.45) is 0 Å². The van der Waals surface area contributed by atoms with Crippen molar-refractivity contribution in [1.29, 1.82) is 0 Å². The molecule has 0 atom stereocenters. The standard InChI is InChI=1S/C25H25BrN4O2/c1-16-4-5-17(12-21-20-14-19(26)6-7-22(20)28-25(21)32)13-23(16)30-10-8-18(15-30)24(31)27-9-11-29(2)3/h4-8,10,12-15H,9,11H2,1-3H3,(H,27,31)(H,28,32). The topological polar surface area (TPSA) is 66.4 Å². The van der Waals surface area contributed by atoms with E-state index in [2.05, 4.69) is 26.6 Å². The van der Waals surface area contributed by atoms with Crippen LogP contribution >= 0.6 is 15.9 Å². The minimum atomic E-state index is -0.113. The molecule has 4 rings (SSSR count). The second kappa shape index (κ2) is 9.14. The Morgan fingerprint density at radius 1 is 1.19 bits per heavy atom. The molecule has 0 saturated carbocycles. The predicted octanol–water partition coefficient (Wildman–Crippen LogP) is 4.33. The smallest absolute Gasteiger partial charge is 0.256 e. The molecule has 2 N–H and O–H groups in total. The molecule has 3 aromatic rings. The maximum atomic E-state index is 12.5. The van der Waals surface area contributed by atoms with Crippen molar-refractivity contribution in [3.8, 4) is 5.69 Å². The highest BCUT2D eigenvalue weighted by Gasteiger charge is 2.24. The van der Waals surface area contributed by atoms with Gasteiger partial charge in [0.15, 0.2) is 0 Å². The Hall–Kier alpha value is -3.16. The van der Waals surface area contributed by atoms with E-state index in [-0.39, 0.29) is 11.8 Å². The number of anilines is 1. The molecule has 2 amide bonds. The third kappa shape index (κ3) is 4.69. The Morgan fingerprint density at radius 2 is 2.00 bits per heavy atom. The molecule has 0 fully saturated rings. The first-order chi connectivity index (χ1) is 15.3. The van der Waals surface area contributed by atoms with Gasteiger partial charge in [-0.1, -0.05) is 28.1 Å². The lowest BCUT2D eigenvalue weighted by Crippen LogP contribution is -2.31. The zero-order valence-electron chi connectivity index (χ0n) is 18.3. The van der Waals surface area contributed by atoms with E-state index in [0.717, 1.165) is 39.1 Å². The Morgan fingerprint density at radius 3 is 2.78 bits per heavy atom. The van der Waals surface area contributed by atoms with Gasteiger partial charge in [-0.3, -0.25) is 9.59 Å². The number of likely N-dealkylation sites (N-methyl/N-ethyl adjacent to an activating group) is 1. The number of aromatic nitrogens is 1. The molecule has 0 spiro atoms. The summed E-state index contributed by atoms with van der Waals surface area (Å²) in [4.78, 5) is 27.0. The maximum absolute atomic E-state index is 12.5. The molecule has 0 radical (unpaired) electrons. The van der Waals surface area contributed by atoms with E-state index in [1.807, 2.05) is 91.4 Å². The fourth-order valence-corrected chi connectivity index (χ4v) is 4.00. The molecule has 2 aromatic carbocycles. The fraction of sp³-hybridized carbons (Fsp3) is 0.200. The van der Waals surface area contributed by atoms with Crippen LogP contribution in [0.1, 0.15) is 27.0 Å². The lowest BCUT2D eigenvalue weighted by Gasteiger charge is -2.10. The van der Waals surface area contributed by atoms with Crippen LogP contribution in [-0.4, -0.2) is 48.5 Å². The van der Waals surface area contributed by atoms with Crippen LogP contribution in [0.5, 0.6) is 0 Å². The summed E-state index contributed by atoms with van der Waals surface area (Å²) in [5.74, 6) is -0.204. The Balaban J connectivity index is 1.61. The van der Waals surface area contributed by atoms with Gasteiger partial charge in [-0.2, -0.15) is 0 Å². The maximum Gasteiger partial charge on any atom is 0.256 e. The summed E-state index contributed by atoms with van der Waals surface area (Å²) in [6.45, 7) is 3.41. The third-order valence-electron chi connectivity index (χ3n) is 5.39. The van der Waals surface area contributed by atoms with Crippen LogP contribution in [-0.2, 0) is 4.79 Å². The Kier molecular flexibility index (Phi) is 6.30. The lowest BCUT2D eigenvalue weighted by molar-refractivity contribution is -0.110. The van der Waals surface area contributed by atoms with Gasteiger partial charge in [-0.05, 0) is 68.6 Å². The summed E-state index contributed by atoms with van der Waals surface area (Å²) in [5.41, 5.74) is 5.87. The monoisotopic (exact) mass is 492 g/mol. The van der Waals surface area contributed by atoms with E-state index in [9.17, 15) is 9.59 Å². The first kappa shape index (κ1) is 22.0. The Labute approximate surface area is 196 Å². The Bertz CT molecular complexity index is 1230. The summed E-state index contributed by atoms with van der Waals surface area (Å²) in [6, 6.07) is 13.6. The highest BCUT2D eigenvalue weighted by molar-refractivity contribution is 9.10. The quantitative estimate of drug-likeness (QED) is 0.503. The first-order valence-electron chi connectivity index (χ1n) is 10.4. The summed E-state index contributed by atoms with van der Waals surface area (Å²) in [6.07, 6.45) is 5.61. The van der Waals surface area contributed by atoms with E-state index >= 15 is 0 Å². The summed E-state index contributed by atoms with van der Waals surface area (Å²) < 4.78 is 2.87. The molecule has 0 saturated heterocycles. The number of hydrogen-bond donors (Lipinski definition) is 2. The fourth-order valence-electron chi connectivity index (χ4n) is 3.64. The van der Waals surface area contributed by atoms with Crippen LogP contribution < -0.4 is 10.6 Å². The average molecular weight is 493 g/mol. The number of nitrogens with one attached hydrogen (secondary N) is 2. The number of fused-ring (bicyclic) bond motifs is 1. The van der Waals surface area contributed by atoms with Crippen LogP contribution in [0.15, 0.2) is 59.3 Å². The predicted molar refractivity (Wildman–Crippen MR) is 132 cm³/mol. The number of rotatable bonds is 6. The van der Waals surface area contributed by atoms with Crippen molar-refractivity contribution < 1.29 is 9.59 Å². The number of nitrogens with zero attached hydrogens (tertiary/aromatic N) is 2. The molecular weight excluding hydrogens is 468 g/mol. The minimum Gasteiger partial charge on any atom is -0.351 e. The number of halogens is 1. The van der Waals surface area contributed by atoms with Crippen molar-refractivity contribution in [2.45, 2.75) is 6.92 Å². The van der Waals surface area contributed by atoms with Crippen molar-refractivity contribution >= 4 is 45.1 Å². The molecule has 0 unspecified atom stereocenters. The zero-order valence-corrected chi connectivity index (χ0v) is 19.9. The second-order valence-electron chi connectivity index (χ2n) is 8.11. The number of carbonyl (C=O) groups is 2. The zero-order chi connectivity index (χ0) is 22.8. The summed E-state index contributed by atoms with van der Waals surface area (Å²) >= 11 is 3.48. The van der Waals surface area contributed by atoms with Gasteiger partial charge < -0.3 is 20.1 Å². The molecule has 164 valence electrons. The van der Waals surface area contributed by atoms with Crippen molar-refractivity contribution in [2.75, 3.05) is 32.5 Å². The molecule has 1 aliphatic heterocycles. The number of aryl methyl sites for hydroxylation is 1. The SMILES string of the molecule is Cc1ccc(C=C2C(=O)Nc3ccc(Br)cc32)cc1-n1ccc(C(=O)NCCN(C)C)c1. The number of hydrogen-bond acceptors (Lipinski definition) is 3. The largest absolute Gasteiger partial charge is 0.351 e. The second-order valence-corrected chi connectivity index (χ2v) is 9.03. The van der Waals surface area contributed by atoms with E-state index in [0.29, 0.717) is 17.7 Å². The van der Waals surface area contributed by atoms with Gasteiger partial charge in [-0.25, -0.2) is 0 Å². The van der Waals surface area contributed by atoms with Crippen molar-refractivity contribution in [3.05, 3.63) is 81.6 Å². The van der Waals surface area contributed by atoms with Crippen LogP contribution in [0.2, 0.25) is 0 Å². The molecule has 2 heterocycles. The molecular formula is C25H25BrN4O2. The van der Waals surface area contributed by atoms with Gasteiger partial charge >= 0.3 is 0 Å². The molecule has 0 bridgehead atoms. The van der Waals surface area contributed by atoms with E-state index < -0.39 is 0 Å². The third-order valence-corrected chi connectivity index (χ3v) is 5.88. The summed E-state index contributed by atoms with van der Waals surface area (Å²) in [7, 11) is 3.95. The number of amides is 2. The van der Waals surface area contributed by atoms with Gasteiger partial charge in [0.1, 0.15) is 0 Å². The van der Waals surface area contributed by atoms with Crippen LogP contribution in [0.25, 0.3) is 17.3 Å². The highest BCUT2D eigenvalue weighted by Crippen LogP contribution is 2.35. The number of benzene rings is 2. The van der Waals surface area contributed by atoms with E-state index in [1.165, 1.54) is 0 Å². The average Bonchev–Trinajstić information content (AvgIpc) is 3.34. The van der Waals surface area contributed by atoms with E-state index in [4.69, 9.17) is 0 Å². The highest BCUT2D eigenvalue weighted by atomic mass is 79.9. The molecule has 32 heavy (non-hydrogen) atoms. The molecule has 1 aliphatic rings. The summed E-state index contributed by atoms with van der Waals surface area (Å²) in [5, 5.41) is 5.85. The first-order valence-corrected chi connectivity index (χ1v) is 11.2. The van der Waals surface area contributed by atoms with Gasteiger partial charge in [0.05, 0.1) is 5.56 Å². The van der Waals surface area contributed by atoms with Crippen molar-refractivity contribution in [1.82, 2.24) is 14.8 Å². The van der Waals surface area contributed by atoms with Crippen LogP contribution in [0.3, 0.4) is 0 Å². The normalized spacial score (nSPS) is 14.0. The van der Waals surface area contributed by atoms with Gasteiger partial charge in [0, 0.05) is 52.5 Å². The van der Waals surface area contributed by atoms with Crippen LogP contribution in [0, 0.1) is 6.92 Å². The lowest BCUT2D eigenvalue weighted by atomic mass is 10.0. The van der Waals surface area contributed by atoms with Gasteiger partial charge in [0.25, 0.3) is 11.8 Å². The molecule has 6 nitrogen and oxygen atoms in total.